The van der Waals surface area contributed by atoms with Gasteiger partial charge in [-0.2, -0.15) is 0 Å². The Bertz CT molecular complexity index is 678. The molecule has 10 heteroatoms. The molecule has 1 aromatic carbocycles. The molecule has 1 fully saturated rings. The Morgan fingerprint density at radius 1 is 1.33 bits per heavy atom. The van der Waals surface area contributed by atoms with Gasteiger partial charge in [0, 0.05) is 6.07 Å². The van der Waals surface area contributed by atoms with Gasteiger partial charge in [0.1, 0.15) is 5.69 Å². The largest absolute Gasteiger partial charge is 0.333 e. The summed E-state index contributed by atoms with van der Waals surface area (Å²) >= 11 is 5.86. The second-order valence-electron chi connectivity index (χ2n) is 4.57. The number of para-hydroxylation sites is 2. The first-order valence-electron chi connectivity index (χ1n) is 5.94. The van der Waals surface area contributed by atoms with Crippen molar-refractivity contribution in [2.45, 2.75) is 11.4 Å². The molecule has 1 heterocycles. The highest BCUT2D eigenvalue weighted by Crippen LogP contribution is 2.23. The normalized spacial score (nSPS) is 23.5. The third-order valence-electron chi connectivity index (χ3n) is 2.95. The first-order chi connectivity index (χ1) is 9.78. The Labute approximate surface area is 125 Å². The molecule has 114 valence electrons. The number of amides is 2. The van der Waals surface area contributed by atoms with Gasteiger partial charge in [-0.3, -0.25) is 10.1 Å². The number of nitro benzene ring substituents is 1. The van der Waals surface area contributed by atoms with Crippen LogP contribution in [0.3, 0.4) is 0 Å². The van der Waals surface area contributed by atoms with Crippen LogP contribution in [-0.4, -0.2) is 42.3 Å². The Morgan fingerprint density at radius 3 is 2.57 bits per heavy atom. The highest BCUT2D eigenvalue weighted by molar-refractivity contribution is 7.91. The average molecular weight is 334 g/mol. The number of nitrogens with zero attached hydrogens (tertiary/aromatic N) is 1. The average Bonchev–Trinajstić information content (AvgIpc) is 2.62. The van der Waals surface area contributed by atoms with Crippen LogP contribution in [0.2, 0.25) is 0 Å². The summed E-state index contributed by atoms with van der Waals surface area (Å²) in [6.45, 7) is 0. The number of nitrogens with one attached hydrogen (secondary N) is 2. The van der Waals surface area contributed by atoms with E-state index in [-0.39, 0.29) is 22.9 Å². The molecule has 2 unspecified atom stereocenters. The van der Waals surface area contributed by atoms with Gasteiger partial charge in [0.15, 0.2) is 9.84 Å². The lowest BCUT2D eigenvalue weighted by molar-refractivity contribution is -0.383. The number of rotatable bonds is 3. The van der Waals surface area contributed by atoms with Gasteiger partial charge in [0.05, 0.1) is 27.8 Å². The molecule has 21 heavy (non-hydrogen) atoms. The second kappa shape index (κ2) is 5.86. The molecule has 1 saturated heterocycles. The number of alkyl halides is 1. The lowest BCUT2D eigenvalue weighted by Crippen LogP contribution is -2.43. The van der Waals surface area contributed by atoms with E-state index in [1.165, 1.54) is 24.3 Å². The van der Waals surface area contributed by atoms with E-state index in [4.69, 9.17) is 11.6 Å². The van der Waals surface area contributed by atoms with Crippen molar-refractivity contribution in [3.63, 3.8) is 0 Å². The molecule has 2 amide bonds. The van der Waals surface area contributed by atoms with Crippen LogP contribution in [0.5, 0.6) is 0 Å². The number of hydrogen-bond acceptors (Lipinski definition) is 5. The smallest absolute Gasteiger partial charge is 0.319 e. The number of benzene rings is 1. The summed E-state index contributed by atoms with van der Waals surface area (Å²) in [6, 6.07) is 4.17. The number of carbonyl (C=O) groups is 1. The zero-order chi connectivity index (χ0) is 15.6. The van der Waals surface area contributed by atoms with Gasteiger partial charge in [-0.25, -0.2) is 13.2 Å². The molecule has 2 atom stereocenters. The first kappa shape index (κ1) is 15.5. The highest BCUT2D eigenvalue weighted by Gasteiger charge is 2.37. The van der Waals surface area contributed by atoms with Crippen LogP contribution in [0.15, 0.2) is 24.3 Å². The molecular formula is C11H12ClN3O5S. The first-order valence-corrected chi connectivity index (χ1v) is 8.20. The van der Waals surface area contributed by atoms with E-state index in [2.05, 4.69) is 10.6 Å². The number of nitro groups is 1. The van der Waals surface area contributed by atoms with Crippen molar-refractivity contribution in [1.82, 2.24) is 5.32 Å². The molecule has 1 aromatic rings. The van der Waals surface area contributed by atoms with Crippen LogP contribution >= 0.6 is 11.6 Å². The minimum absolute atomic E-state index is 0.0203. The van der Waals surface area contributed by atoms with Crippen molar-refractivity contribution in [3.05, 3.63) is 34.4 Å². The van der Waals surface area contributed by atoms with Crippen molar-refractivity contribution in [2.75, 3.05) is 16.8 Å². The Morgan fingerprint density at radius 2 is 2.00 bits per heavy atom. The molecule has 0 aromatic heterocycles. The van der Waals surface area contributed by atoms with Crippen LogP contribution in [0.1, 0.15) is 0 Å². The van der Waals surface area contributed by atoms with Crippen LogP contribution in [0, 0.1) is 10.1 Å². The molecule has 0 spiro atoms. The van der Waals surface area contributed by atoms with Gasteiger partial charge < -0.3 is 10.6 Å². The molecule has 1 aliphatic rings. The monoisotopic (exact) mass is 333 g/mol. The second-order valence-corrected chi connectivity index (χ2v) is 7.29. The predicted molar refractivity (Wildman–Crippen MR) is 77.3 cm³/mol. The van der Waals surface area contributed by atoms with Crippen molar-refractivity contribution in [3.8, 4) is 0 Å². The molecule has 1 aliphatic heterocycles. The summed E-state index contributed by atoms with van der Waals surface area (Å²) in [5.74, 6) is -0.448. The highest BCUT2D eigenvalue weighted by atomic mass is 35.5. The quantitative estimate of drug-likeness (QED) is 0.488. The molecule has 0 aliphatic carbocycles. The number of halogens is 1. The summed E-state index contributed by atoms with van der Waals surface area (Å²) in [5, 5.41) is 14.8. The zero-order valence-electron chi connectivity index (χ0n) is 10.7. The van der Waals surface area contributed by atoms with E-state index in [1.54, 1.807) is 0 Å². The summed E-state index contributed by atoms with van der Waals surface area (Å²) in [5.41, 5.74) is -0.235. The number of sulfone groups is 1. The van der Waals surface area contributed by atoms with Crippen LogP contribution in [0.25, 0.3) is 0 Å². The van der Waals surface area contributed by atoms with Crippen molar-refractivity contribution >= 4 is 38.8 Å². The predicted octanol–water partition coefficient (Wildman–Crippen LogP) is 1.12. The SMILES string of the molecule is O=C(Nc1ccccc1[N+](=O)[O-])NC1CS(=O)(=O)CC1Cl. The van der Waals surface area contributed by atoms with Crippen LogP contribution in [-0.2, 0) is 9.84 Å². The lowest BCUT2D eigenvalue weighted by atomic mass is 10.2. The number of carbonyl (C=O) groups excluding carboxylic acids is 1. The fourth-order valence-corrected chi connectivity index (χ4v) is 4.55. The van der Waals surface area contributed by atoms with Crippen molar-refractivity contribution in [1.29, 1.82) is 0 Å². The molecule has 2 N–H and O–H groups in total. The Balaban J connectivity index is 2.05. The fraction of sp³-hybridized carbons (Fsp3) is 0.364. The van der Waals surface area contributed by atoms with E-state index in [1.807, 2.05) is 0 Å². The minimum atomic E-state index is -3.27. The van der Waals surface area contributed by atoms with Crippen molar-refractivity contribution < 1.29 is 18.1 Å². The van der Waals surface area contributed by atoms with Gasteiger partial charge >= 0.3 is 6.03 Å². The lowest BCUT2D eigenvalue weighted by Gasteiger charge is -2.15. The number of hydrogen-bond donors (Lipinski definition) is 2. The van der Waals surface area contributed by atoms with Crippen molar-refractivity contribution in [2.24, 2.45) is 0 Å². The number of anilines is 1. The van der Waals surface area contributed by atoms with Gasteiger partial charge in [-0.15, -0.1) is 11.6 Å². The third-order valence-corrected chi connectivity index (χ3v) is 5.32. The Hall–Kier alpha value is -1.87. The molecule has 8 nitrogen and oxygen atoms in total. The van der Waals surface area contributed by atoms with Gasteiger partial charge in [0.2, 0.25) is 0 Å². The van der Waals surface area contributed by atoms with Gasteiger partial charge in [0.25, 0.3) is 5.69 Å². The third kappa shape index (κ3) is 3.82. The standard InChI is InChI=1S/C11H12ClN3O5S/c12-7-5-21(19,20)6-9(7)14-11(16)13-8-3-1-2-4-10(8)15(17)18/h1-4,7,9H,5-6H2,(H2,13,14,16). The fourth-order valence-electron chi connectivity index (χ4n) is 2.00. The summed E-state index contributed by atoms with van der Waals surface area (Å²) in [7, 11) is -3.27. The van der Waals surface area contributed by atoms with E-state index in [0.717, 1.165) is 0 Å². The van der Waals surface area contributed by atoms with E-state index >= 15 is 0 Å². The van der Waals surface area contributed by atoms with Crippen LogP contribution in [0.4, 0.5) is 16.2 Å². The van der Waals surface area contributed by atoms with Gasteiger partial charge in [-0.05, 0) is 6.07 Å². The van der Waals surface area contributed by atoms with E-state index in [0.29, 0.717) is 0 Å². The Kier molecular flexibility index (Phi) is 4.33. The van der Waals surface area contributed by atoms with E-state index in [9.17, 15) is 23.3 Å². The molecular weight excluding hydrogens is 322 g/mol. The molecule has 0 bridgehead atoms. The molecule has 0 saturated carbocycles. The van der Waals surface area contributed by atoms with Crippen LogP contribution < -0.4 is 10.6 Å². The van der Waals surface area contributed by atoms with Gasteiger partial charge in [-0.1, -0.05) is 12.1 Å². The number of urea groups is 1. The molecule has 2 rings (SSSR count). The maximum Gasteiger partial charge on any atom is 0.319 e. The summed E-state index contributed by atoms with van der Waals surface area (Å²) < 4.78 is 22.8. The maximum atomic E-state index is 11.8. The summed E-state index contributed by atoms with van der Waals surface area (Å²) in [4.78, 5) is 22.0. The maximum absolute atomic E-state index is 11.8. The summed E-state index contributed by atoms with van der Waals surface area (Å²) in [6.07, 6.45) is 0. The minimum Gasteiger partial charge on any atom is -0.333 e. The van der Waals surface area contributed by atoms with E-state index < -0.39 is 32.2 Å². The molecule has 0 radical (unpaired) electrons. The topological polar surface area (TPSA) is 118 Å². The zero-order valence-corrected chi connectivity index (χ0v) is 12.2.